The summed E-state index contributed by atoms with van der Waals surface area (Å²) >= 11 is 16.3. The van der Waals surface area contributed by atoms with Crippen molar-refractivity contribution < 1.29 is 0 Å². The summed E-state index contributed by atoms with van der Waals surface area (Å²) in [5.74, 6) is 0. The van der Waals surface area contributed by atoms with Crippen molar-refractivity contribution in [2.24, 2.45) is 0 Å². The Kier molecular flexibility index (Phi) is 11.1. The largest absolute Gasteiger partial charge is 0.192 e. The summed E-state index contributed by atoms with van der Waals surface area (Å²) in [6.07, 6.45) is 0.855. The number of benzene rings is 4. The van der Waals surface area contributed by atoms with Gasteiger partial charge in [-0.3, -0.25) is 0 Å². The molecule has 4 aromatic carbocycles. The maximum Gasteiger partial charge on any atom is 0.101 e. The van der Waals surface area contributed by atoms with Crippen LogP contribution in [0.25, 0.3) is 22.3 Å². The Morgan fingerprint density at radius 2 is 0.865 bits per heavy atom. The molecule has 0 N–H and O–H groups in total. The van der Waals surface area contributed by atoms with Gasteiger partial charge in [0.1, 0.15) is 12.1 Å². The summed E-state index contributed by atoms with van der Waals surface area (Å²) in [5.41, 5.74) is 10.0. The van der Waals surface area contributed by atoms with Crippen LogP contribution in [0.2, 0.25) is 0 Å². The first-order valence-corrected chi connectivity index (χ1v) is 18.1. The summed E-state index contributed by atoms with van der Waals surface area (Å²) in [6, 6.07) is 22.2. The van der Waals surface area contributed by atoms with E-state index in [1.54, 1.807) is 0 Å². The van der Waals surface area contributed by atoms with Crippen molar-refractivity contribution in [3.8, 4) is 34.4 Å². The van der Waals surface area contributed by atoms with E-state index in [2.05, 4.69) is 226 Å². The van der Waals surface area contributed by atoms with Crippen LogP contribution < -0.4 is 0 Å². The molecule has 4 rings (SSSR count). The second kappa shape index (κ2) is 13.3. The summed E-state index contributed by atoms with van der Waals surface area (Å²) in [4.78, 5) is 0. The molecule has 0 spiro atoms. The van der Waals surface area contributed by atoms with Crippen molar-refractivity contribution in [1.29, 1.82) is 10.5 Å². The Balaban J connectivity index is 1.69. The maximum absolute atomic E-state index is 9.44. The van der Waals surface area contributed by atoms with Gasteiger partial charge in [0.15, 0.2) is 0 Å². The fraction of sp³-hybridized carbons (Fsp3) is 0.0714. The molecule has 9 heteroatoms. The van der Waals surface area contributed by atoms with Gasteiger partial charge in [0, 0.05) is 30.6 Å². The first-order chi connectivity index (χ1) is 17.5. The van der Waals surface area contributed by atoms with Crippen LogP contribution in [0.3, 0.4) is 0 Å². The highest BCUT2D eigenvalue weighted by Crippen LogP contribution is 2.37. The SMILES string of the molecule is Cc1cc(Cc2cc(I)c(-c3cc(I)c(C#N)c(I)c3)c(I)c2)cc(I)c1-c1cc(I)c(C#N)c(I)c1. The van der Waals surface area contributed by atoms with Crippen LogP contribution in [0.15, 0.2) is 48.5 Å². The number of nitrogens with zero attached hydrogens (tertiary/aromatic N) is 2. The zero-order chi connectivity index (χ0) is 27.0. The third kappa shape index (κ3) is 6.90. The average molecular weight is 1270 g/mol. The van der Waals surface area contributed by atoms with Gasteiger partial charge in [-0.25, -0.2) is 0 Å². The smallest absolute Gasteiger partial charge is 0.101 e. The molecule has 0 aliphatic heterocycles. The molecule has 0 bridgehead atoms. The molecule has 0 fully saturated rings. The van der Waals surface area contributed by atoms with Crippen LogP contribution in [0, 0.1) is 54.6 Å². The molecule has 184 valence electrons. The molecule has 0 atom stereocenters. The van der Waals surface area contributed by atoms with E-state index < -0.39 is 0 Å². The van der Waals surface area contributed by atoms with E-state index in [1.807, 2.05) is 0 Å². The van der Waals surface area contributed by atoms with E-state index in [9.17, 15) is 10.5 Å². The summed E-state index contributed by atoms with van der Waals surface area (Å²) in [7, 11) is 0. The van der Waals surface area contributed by atoms with E-state index in [0.29, 0.717) is 0 Å². The minimum Gasteiger partial charge on any atom is -0.192 e. The lowest BCUT2D eigenvalue weighted by atomic mass is 9.95. The Bertz CT molecular complexity index is 1450. The van der Waals surface area contributed by atoms with Gasteiger partial charge >= 0.3 is 0 Å². The summed E-state index contributed by atoms with van der Waals surface area (Å²) in [6.45, 7) is 2.17. The minimum atomic E-state index is 0.741. The third-order valence-corrected chi connectivity index (χ3v) is 11.7. The molecule has 0 unspecified atom stereocenters. The minimum absolute atomic E-state index is 0.741. The average Bonchev–Trinajstić information content (AvgIpc) is 2.78. The van der Waals surface area contributed by atoms with E-state index in [-0.39, 0.29) is 0 Å². The molecule has 0 amide bonds. The number of nitriles is 2. The first-order valence-electron chi connectivity index (χ1n) is 10.6. The van der Waals surface area contributed by atoms with Crippen LogP contribution >= 0.6 is 158 Å². The fourth-order valence-electron chi connectivity index (χ4n) is 4.17. The molecular weight excluding hydrogens is 1250 g/mol. The van der Waals surface area contributed by atoms with Crippen molar-refractivity contribution in [1.82, 2.24) is 0 Å². The van der Waals surface area contributed by atoms with Crippen molar-refractivity contribution in [2.45, 2.75) is 13.3 Å². The number of aryl methyl sites for hydroxylation is 1. The van der Waals surface area contributed by atoms with Gasteiger partial charge in [0.05, 0.1) is 11.1 Å². The van der Waals surface area contributed by atoms with E-state index in [0.717, 1.165) is 43.0 Å². The Morgan fingerprint density at radius 3 is 1.24 bits per heavy atom. The molecule has 0 aliphatic rings. The van der Waals surface area contributed by atoms with Crippen molar-refractivity contribution in [2.75, 3.05) is 0 Å². The molecular formula is C28H13I7N2. The van der Waals surface area contributed by atoms with E-state index in [1.165, 1.54) is 38.5 Å². The van der Waals surface area contributed by atoms with Gasteiger partial charge in [0.2, 0.25) is 0 Å². The Labute approximate surface area is 312 Å². The van der Waals surface area contributed by atoms with Crippen molar-refractivity contribution in [3.05, 3.63) is 101 Å². The molecule has 0 aliphatic carbocycles. The van der Waals surface area contributed by atoms with Crippen LogP contribution in [0.1, 0.15) is 27.8 Å². The van der Waals surface area contributed by atoms with Crippen LogP contribution in [-0.4, -0.2) is 0 Å². The summed E-state index contributed by atoms with van der Waals surface area (Å²) < 4.78 is 7.56. The van der Waals surface area contributed by atoms with Crippen molar-refractivity contribution >= 4 is 158 Å². The van der Waals surface area contributed by atoms with Gasteiger partial charge in [0.25, 0.3) is 0 Å². The van der Waals surface area contributed by atoms with E-state index in [4.69, 9.17) is 0 Å². The van der Waals surface area contributed by atoms with E-state index >= 15 is 0 Å². The highest BCUT2D eigenvalue weighted by molar-refractivity contribution is 14.1. The lowest BCUT2D eigenvalue weighted by Gasteiger charge is -2.15. The zero-order valence-electron chi connectivity index (χ0n) is 18.9. The lowest BCUT2D eigenvalue weighted by Crippen LogP contribution is -1.99. The molecule has 0 heterocycles. The normalized spacial score (nSPS) is 10.8. The first kappa shape index (κ1) is 30.9. The topological polar surface area (TPSA) is 47.6 Å². The zero-order valence-corrected chi connectivity index (χ0v) is 34.0. The van der Waals surface area contributed by atoms with Crippen LogP contribution in [0.5, 0.6) is 0 Å². The maximum atomic E-state index is 9.44. The summed E-state index contributed by atoms with van der Waals surface area (Å²) in [5, 5.41) is 18.9. The molecule has 0 aromatic heterocycles. The highest BCUT2D eigenvalue weighted by Gasteiger charge is 2.16. The van der Waals surface area contributed by atoms with Crippen LogP contribution in [-0.2, 0) is 6.42 Å². The number of hydrogen-bond acceptors (Lipinski definition) is 2. The predicted octanol–water partition coefficient (Wildman–Crippen LogP) is 10.9. The molecule has 4 aromatic rings. The lowest BCUT2D eigenvalue weighted by molar-refractivity contribution is 1.17. The third-order valence-electron chi connectivity index (χ3n) is 5.74. The molecule has 2 nitrogen and oxygen atoms in total. The standard InChI is InChI=1S/C28H13I7N2/c1-13-2-14(4-24(33)27(13)16-7-20(29)18(11-36)21(30)8-16)3-15-5-25(34)28(26(35)6-15)17-9-22(31)19(12-37)23(32)10-17/h2,4-10H,3H2,1H3. The second-order valence-electron chi connectivity index (χ2n) is 8.23. The number of hydrogen-bond donors (Lipinski definition) is 0. The Hall–Kier alpha value is 0.970. The molecule has 37 heavy (non-hydrogen) atoms. The molecule has 0 saturated carbocycles. The number of halogens is 7. The molecule has 0 radical (unpaired) electrons. The van der Waals surface area contributed by atoms with Gasteiger partial charge in [-0.15, -0.1) is 0 Å². The monoisotopic (exact) mass is 1270 g/mol. The van der Waals surface area contributed by atoms with Crippen LogP contribution in [0.4, 0.5) is 0 Å². The van der Waals surface area contributed by atoms with Gasteiger partial charge < -0.3 is 0 Å². The van der Waals surface area contributed by atoms with Gasteiger partial charge in [-0.05, 0) is 247 Å². The van der Waals surface area contributed by atoms with Gasteiger partial charge in [-0.2, -0.15) is 10.5 Å². The Morgan fingerprint density at radius 1 is 0.514 bits per heavy atom. The molecule has 0 saturated heterocycles. The quantitative estimate of drug-likeness (QED) is 0.191. The second-order valence-corrected chi connectivity index (χ2v) is 16.4. The number of rotatable bonds is 4. The predicted molar refractivity (Wildman–Crippen MR) is 210 cm³/mol. The fourth-order valence-corrected chi connectivity index (χ4v) is 11.8. The highest BCUT2D eigenvalue weighted by atomic mass is 127. The van der Waals surface area contributed by atoms with Crippen molar-refractivity contribution in [3.63, 3.8) is 0 Å². The van der Waals surface area contributed by atoms with Gasteiger partial charge in [-0.1, -0.05) is 6.07 Å².